The number of methoxy groups -OCH3 is 2. The molecule has 2 aliphatic rings. The van der Waals surface area contributed by atoms with Gasteiger partial charge in [0.05, 0.1) is 26.9 Å². The quantitative estimate of drug-likeness (QED) is 0.706. The van der Waals surface area contributed by atoms with E-state index in [1.165, 1.54) is 20.4 Å². The minimum absolute atomic E-state index is 0.133. The van der Waals surface area contributed by atoms with Gasteiger partial charge in [0.15, 0.2) is 11.4 Å². The fraction of sp³-hybridized carbons (Fsp3) is 0.588. The summed E-state index contributed by atoms with van der Waals surface area (Å²) in [5.74, 6) is -0.415. The first kappa shape index (κ1) is 18.8. The van der Waals surface area contributed by atoms with E-state index < -0.39 is 16.3 Å². The second-order valence-electron chi connectivity index (χ2n) is 6.12. The summed E-state index contributed by atoms with van der Waals surface area (Å²) in [6.07, 6.45) is 1.40. The number of aromatic nitrogens is 1. The lowest BCUT2D eigenvalue weighted by atomic mass is 10.0. The predicted octanol–water partition coefficient (Wildman–Crippen LogP) is 1.14. The second kappa shape index (κ2) is 6.96. The van der Waals surface area contributed by atoms with Gasteiger partial charge in [0.2, 0.25) is 5.43 Å². The van der Waals surface area contributed by atoms with Crippen molar-refractivity contribution in [2.45, 2.75) is 24.8 Å². The van der Waals surface area contributed by atoms with Crippen molar-refractivity contribution in [3.63, 3.8) is 0 Å². The first-order valence-corrected chi connectivity index (χ1v) is 9.36. The van der Waals surface area contributed by atoms with Crippen LogP contribution in [-0.2, 0) is 9.47 Å². The number of nitrogens with zero attached hydrogens (tertiary/aromatic N) is 2. The number of carbonyl (C=O) groups is 2. The van der Waals surface area contributed by atoms with Crippen molar-refractivity contribution in [1.29, 1.82) is 0 Å². The van der Waals surface area contributed by atoms with Crippen LogP contribution < -0.4 is 10.2 Å². The average Bonchev–Trinajstić information content (AvgIpc) is 3.09. The lowest BCUT2D eigenvalue weighted by Crippen LogP contribution is -2.58. The number of hydrogen-bond donors (Lipinski definition) is 0. The highest BCUT2D eigenvalue weighted by Crippen LogP contribution is 2.49. The van der Waals surface area contributed by atoms with Crippen LogP contribution in [0.1, 0.15) is 40.7 Å². The molecule has 1 fully saturated rings. The molecule has 0 N–H and O–H groups in total. The zero-order valence-corrected chi connectivity index (χ0v) is 16.1. The Morgan fingerprint density at radius 2 is 2.12 bits per heavy atom. The summed E-state index contributed by atoms with van der Waals surface area (Å²) < 4.78 is 17.3. The molecule has 2 aliphatic heterocycles. The van der Waals surface area contributed by atoms with Crippen molar-refractivity contribution in [2.24, 2.45) is 0 Å². The molecule has 3 rings (SSSR count). The molecule has 0 radical (unpaired) electrons. The van der Waals surface area contributed by atoms with Crippen molar-refractivity contribution in [3.8, 4) is 5.75 Å². The van der Waals surface area contributed by atoms with Crippen LogP contribution >= 0.6 is 11.8 Å². The Bertz CT molecular complexity index is 807. The Balaban J connectivity index is 2.25. The van der Waals surface area contributed by atoms with Crippen LogP contribution in [0.4, 0.5) is 0 Å². The summed E-state index contributed by atoms with van der Waals surface area (Å²) >= 11 is 1.65. The number of thioether (sulfide) groups is 1. The molecule has 8 nitrogen and oxygen atoms in total. The molecule has 142 valence electrons. The average molecular weight is 382 g/mol. The van der Waals surface area contributed by atoms with Gasteiger partial charge >= 0.3 is 5.97 Å². The fourth-order valence-corrected chi connectivity index (χ4v) is 5.08. The predicted molar refractivity (Wildman–Crippen MR) is 96.0 cm³/mol. The van der Waals surface area contributed by atoms with Crippen LogP contribution in [0.15, 0.2) is 11.0 Å². The minimum Gasteiger partial charge on any atom is -0.491 e. The summed E-state index contributed by atoms with van der Waals surface area (Å²) in [6.45, 7) is 5.31. The summed E-state index contributed by atoms with van der Waals surface area (Å²) in [4.78, 5) is 39.0. The van der Waals surface area contributed by atoms with E-state index in [0.29, 0.717) is 19.8 Å². The van der Waals surface area contributed by atoms with Crippen molar-refractivity contribution in [3.05, 3.63) is 27.7 Å². The normalized spacial score (nSPS) is 24.2. The maximum atomic E-state index is 13.2. The van der Waals surface area contributed by atoms with E-state index in [9.17, 15) is 14.4 Å². The van der Waals surface area contributed by atoms with Gasteiger partial charge in [0, 0.05) is 25.1 Å². The zero-order valence-electron chi connectivity index (χ0n) is 15.2. The Morgan fingerprint density at radius 3 is 2.73 bits per heavy atom. The smallest absolute Gasteiger partial charge is 0.343 e. The van der Waals surface area contributed by atoms with Crippen LogP contribution in [0.2, 0.25) is 0 Å². The van der Waals surface area contributed by atoms with Crippen molar-refractivity contribution in [2.75, 3.05) is 39.7 Å². The van der Waals surface area contributed by atoms with E-state index in [1.807, 2.05) is 13.8 Å². The highest BCUT2D eigenvalue weighted by atomic mass is 32.2. The van der Waals surface area contributed by atoms with Gasteiger partial charge < -0.3 is 23.7 Å². The summed E-state index contributed by atoms with van der Waals surface area (Å²) in [6, 6.07) is -0.229. The van der Waals surface area contributed by atoms with E-state index in [1.54, 1.807) is 21.2 Å². The van der Waals surface area contributed by atoms with Gasteiger partial charge in [-0.2, -0.15) is 0 Å². The molecule has 0 unspecified atom stereocenters. The lowest BCUT2D eigenvalue weighted by molar-refractivity contribution is 0.0157. The standard InChI is InChI=1S/C17H22N2O6S/c1-5-25-9-17-10(2)18-8-11(16(22)24-4)13(20)14(23-3)12(18)15(21)19(17)6-7-26-17/h8,10H,5-7,9H2,1-4H3/t10-,17-/m0/s1. The van der Waals surface area contributed by atoms with E-state index in [4.69, 9.17) is 14.2 Å². The Hall–Kier alpha value is -2.00. The van der Waals surface area contributed by atoms with E-state index in [0.717, 1.165) is 5.75 Å². The van der Waals surface area contributed by atoms with E-state index in [-0.39, 0.29) is 29.0 Å². The molecule has 0 saturated carbocycles. The number of hydrogen-bond acceptors (Lipinski definition) is 7. The summed E-state index contributed by atoms with van der Waals surface area (Å²) in [5, 5.41) is 0. The van der Waals surface area contributed by atoms with Gasteiger partial charge in [0.25, 0.3) is 5.91 Å². The fourth-order valence-electron chi connectivity index (χ4n) is 3.60. The van der Waals surface area contributed by atoms with Crippen molar-refractivity contribution >= 4 is 23.6 Å². The number of rotatable bonds is 5. The molecule has 1 aromatic heterocycles. The van der Waals surface area contributed by atoms with Gasteiger partial charge in [-0.25, -0.2) is 4.79 Å². The van der Waals surface area contributed by atoms with Crippen molar-refractivity contribution in [1.82, 2.24) is 9.47 Å². The molecular weight excluding hydrogens is 360 g/mol. The molecule has 0 bridgehead atoms. The molecule has 26 heavy (non-hydrogen) atoms. The van der Waals surface area contributed by atoms with Gasteiger partial charge in [-0.05, 0) is 13.8 Å². The molecular formula is C17H22N2O6S. The number of fused-ring (bicyclic) bond motifs is 2. The van der Waals surface area contributed by atoms with E-state index >= 15 is 0 Å². The van der Waals surface area contributed by atoms with Crippen LogP contribution in [0.3, 0.4) is 0 Å². The summed E-state index contributed by atoms with van der Waals surface area (Å²) in [5.41, 5.74) is -0.640. The maximum Gasteiger partial charge on any atom is 0.343 e. The SMILES string of the molecule is CCOC[C@@]12SCCN1C(=O)c1c(OC)c(=O)c(C(=O)OC)cn1[C@H]2C. The molecule has 1 amide bonds. The van der Waals surface area contributed by atoms with Crippen molar-refractivity contribution < 1.29 is 23.8 Å². The number of ether oxygens (including phenoxy) is 3. The zero-order chi connectivity index (χ0) is 19.1. The topological polar surface area (TPSA) is 87.1 Å². The number of amides is 1. The number of pyridine rings is 1. The monoisotopic (exact) mass is 382 g/mol. The largest absolute Gasteiger partial charge is 0.491 e. The van der Waals surface area contributed by atoms with Gasteiger partial charge in [-0.15, -0.1) is 11.8 Å². The molecule has 1 aromatic rings. The molecule has 0 spiro atoms. The third kappa shape index (κ3) is 2.52. The van der Waals surface area contributed by atoms with Crippen LogP contribution in [0, 0.1) is 0 Å². The third-order valence-corrected chi connectivity index (χ3v) is 6.52. The third-order valence-electron chi connectivity index (χ3n) is 4.96. The van der Waals surface area contributed by atoms with Gasteiger partial charge in [-0.3, -0.25) is 9.59 Å². The lowest BCUT2D eigenvalue weighted by Gasteiger charge is -2.47. The second-order valence-corrected chi connectivity index (χ2v) is 7.52. The van der Waals surface area contributed by atoms with Crippen LogP contribution in [0.25, 0.3) is 0 Å². The Kier molecular flexibility index (Phi) is 5.03. The first-order chi connectivity index (χ1) is 12.4. The Labute approximate surface area is 155 Å². The molecule has 2 atom stereocenters. The Morgan fingerprint density at radius 1 is 1.38 bits per heavy atom. The molecule has 9 heteroatoms. The molecule has 3 heterocycles. The maximum absolute atomic E-state index is 13.2. The highest BCUT2D eigenvalue weighted by Gasteiger charge is 2.54. The molecule has 0 aromatic carbocycles. The minimum atomic E-state index is -0.761. The van der Waals surface area contributed by atoms with Gasteiger partial charge in [0.1, 0.15) is 10.4 Å². The van der Waals surface area contributed by atoms with Crippen LogP contribution in [-0.4, -0.2) is 65.9 Å². The number of carbonyl (C=O) groups excluding carboxylic acids is 2. The first-order valence-electron chi connectivity index (χ1n) is 8.38. The highest BCUT2D eigenvalue weighted by molar-refractivity contribution is 8.01. The van der Waals surface area contributed by atoms with E-state index in [2.05, 4.69) is 0 Å². The van der Waals surface area contributed by atoms with Crippen LogP contribution in [0.5, 0.6) is 5.75 Å². The number of esters is 1. The molecule has 0 aliphatic carbocycles. The van der Waals surface area contributed by atoms with Gasteiger partial charge in [-0.1, -0.05) is 0 Å². The molecule has 1 saturated heterocycles. The summed E-state index contributed by atoms with van der Waals surface area (Å²) in [7, 11) is 2.52.